The number of carbonyl (C=O) groups is 1. The van der Waals surface area contributed by atoms with E-state index in [4.69, 9.17) is 4.74 Å². The summed E-state index contributed by atoms with van der Waals surface area (Å²) in [5.74, 6) is 0.179. The highest BCUT2D eigenvalue weighted by molar-refractivity contribution is 5.77. The normalized spacial score (nSPS) is 18.6. The maximum Gasteiger partial charge on any atom is 0.312 e. The van der Waals surface area contributed by atoms with Gasteiger partial charge in [-0.3, -0.25) is 4.79 Å². The van der Waals surface area contributed by atoms with Crippen LogP contribution in [0.1, 0.15) is 96.9 Å². The Morgan fingerprint density at radius 1 is 1.00 bits per heavy atom. The molecule has 0 aromatic heterocycles. The standard InChI is InChI=1S/C24H38O2/c1-17(2)24(7,16-23(4,5)6)22(25)26-18(3)20-14-13-19-11-9-8-10-12-21(19)15-20/h13-15,17-18H,8-12,16H2,1-7H3. The summed E-state index contributed by atoms with van der Waals surface area (Å²) in [6, 6.07) is 6.67. The molecule has 0 spiro atoms. The van der Waals surface area contributed by atoms with E-state index in [1.807, 2.05) is 6.92 Å². The summed E-state index contributed by atoms with van der Waals surface area (Å²) < 4.78 is 5.99. The number of fused-ring (bicyclic) bond motifs is 1. The van der Waals surface area contributed by atoms with Crippen LogP contribution in [0, 0.1) is 16.7 Å². The number of esters is 1. The first-order valence-corrected chi connectivity index (χ1v) is 10.4. The third-order valence-corrected chi connectivity index (χ3v) is 6.01. The monoisotopic (exact) mass is 358 g/mol. The summed E-state index contributed by atoms with van der Waals surface area (Å²) in [4.78, 5) is 13.1. The molecule has 1 aliphatic rings. The molecule has 2 unspecified atom stereocenters. The van der Waals surface area contributed by atoms with Gasteiger partial charge in [0.1, 0.15) is 6.10 Å². The first kappa shape index (κ1) is 21.0. The van der Waals surface area contributed by atoms with Gasteiger partial charge in [-0.1, -0.05) is 59.2 Å². The first-order chi connectivity index (χ1) is 12.0. The van der Waals surface area contributed by atoms with Gasteiger partial charge in [0.2, 0.25) is 0 Å². The molecule has 0 fully saturated rings. The number of aryl methyl sites for hydroxylation is 2. The molecular weight excluding hydrogens is 320 g/mol. The van der Waals surface area contributed by atoms with Crippen LogP contribution in [0.25, 0.3) is 0 Å². The van der Waals surface area contributed by atoms with E-state index in [2.05, 4.69) is 59.7 Å². The molecule has 2 atom stereocenters. The number of ether oxygens (including phenoxy) is 1. The summed E-state index contributed by atoms with van der Waals surface area (Å²) in [5, 5.41) is 0. The second kappa shape index (κ2) is 8.15. The van der Waals surface area contributed by atoms with E-state index >= 15 is 0 Å². The molecule has 0 N–H and O–H groups in total. The second-order valence-electron chi connectivity index (χ2n) is 9.95. The Kier molecular flexibility index (Phi) is 6.58. The molecular formula is C24H38O2. The zero-order valence-corrected chi connectivity index (χ0v) is 17.9. The molecule has 0 radical (unpaired) electrons. The molecule has 0 aliphatic heterocycles. The molecule has 0 saturated heterocycles. The minimum atomic E-state index is -0.460. The van der Waals surface area contributed by atoms with Crippen molar-refractivity contribution >= 4 is 5.97 Å². The van der Waals surface area contributed by atoms with Crippen molar-refractivity contribution in [1.29, 1.82) is 0 Å². The van der Waals surface area contributed by atoms with Crippen LogP contribution in [0.4, 0.5) is 0 Å². The summed E-state index contributed by atoms with van der Waals surface area (Å²) in [5.41, 5.74) is 3.68. The molecule has 26 heavy (non-hydrogen) atoms. The van der Waals surface area contributed by atoms with E-state index in [1.165, 1.54) is 36.8 Å². The van der Waals surface area contributed by atoms with E-state index in [1.54, 1.807) is 0 Å². The average molecular weight is 359 g/mol. The Morgan fingerprint density at radius 3 is 2.19 bits per heavy atom. The molecule has 1 aromatic rings. The summed E-state index contributed by atoms with van der Waals surface area (Å²) in [6.07, 6.45) is 6.83. The summed E-state index contributed by atoms with van der Waals surface area (Å²) in [6.45, 7) is 14.9. The lowest BCUT2D eigenvalue weighted by Gasteiger charge is -2.37. The molecule has 146 valence electrons. The second-order valence-corrected chi connectivity index (χ2v) is 9.95. The number of hydrogen-bond donors (Lipinski definition) is 0. The molecule has 1 aromatic carbocycles. The van der Waals surface area contributed by atoms with Crippen molar-refractivity contribution in [1.82, 2.24) is 0 Å². The van der Waals surface area contributed by atoms with Crippen molar-refractivity contribution in [2.75, 3.05) is 0 Å². The number of rotatable bonds is 5. The number of hydrogen-bond acceptors (Lipinski definition) is 2. The van der Waals surface area contributed by atoms with Gasteiger partial charge >= 0.3 is 5.97 Å². The quantitative estimate of drug-likeness (QED) is 0.434. The molecule has 0 saturated carbocycles. The van der Waals surface area contributed by atoms with Crippen LogP contribution in [-0.2, 0) is 22.4 Å². The maximum atomic E-state index is 13.1. The fourth-order valence-electron chi connectivity index (χ4n) is 4.16. The molecule has 0 amide bonds. The number of benzene rings is 1. The predicted molar refractivity (Wildman–Crippen MR) is 109 cm³/mol. The Balaban J connectivity index is 2.16. The van der Waals surface area contributed by atoms with Crippen molar-refractivity contribution in [3.05, 3.63) is 34.9 Å². The third kappa shape index (κ3) is 5.11. The van der Waals surface area contributed by atoms with Crippen molar-refractivity contribution in [2.45, 2.75) is 93.1 Å². The molecule has 1 aliphatic carbocycles. The highest BCUT2D eigenvalue weighted by Crippen LogP contribution is 2.41. The SMILES string of the molecule is CC(OC(=O)C(C)(CC(C)(C)C)C(C)C)c1ccc2c(c1)CCCCC2. The lowest BCUT2D eigenvalue weighted by Crippen LogP contribution is -2.38. The zero-order valence-electron chi connectivity index (χ0n) is 17.9. The molecule has 2 nitrogen and oxygen atoms in total. The summed E-state index contributed by atoms with van der Waals surface area (Å²) in [7, 11) is 0. The Hall–Kier alpha value is -1.31. The Bertz CT molecular complexity index is 624. The highest BCUT2D eigenvalue weighted by atomic mass is 16.5. The van der Waals surface area contributed by atoms with E-state index in [0.29, 0.717) is 0 Å². The number of carbonyl (C=O) groups excluding carboxylic acids is 1. The zero-order chi connectivity index (χ0) is 19.5. The Morgan fingerprint density at radius 2 is 1.62 bits per heavy atom. The van der Waals surface area contributed by atoms with E-state index in [0.717, 1.165) is 18.4 Å². The van der Waals surface area contributed by atoms with Gasteiger partial charge in [0.25, 0.3) is 0 Å². The van der Waals surface area contributed by atoms with E-state index < -0.39 is 5.41 Å². The molecule has 0 bridgehead atoms. The smallest absolute Gasteiger partial charge is 0.312 e. The maximum absolute atomic E-state index is 13.1. The predicted octanol–water partition coefficient (Wildman–Crippen LogP) is 6.66. The third-order valence-electron chi connectivity index (χ3n) is 6.01. The fourth-order valence-corrected chi connectivity index (χ4v) is 4.16. The first-order valence-electron chi connectivity index (χ1n) is 10.4. The van der Waals surface area contributed by atoms with Crippen LogP contribution in [0.2, 0.25) is 0 Å². The van der Waals surface area contributed by atoms with Crippen LogP contribution in [0.15, 0.2) is 18.2 Å². The summed E-state index contributed by atoms with van der Waals surface area (Å²) >= 11 is 0. The van der Waals surface area contributed by atoms with Crippen LogP contribution in [0.5, 0.6) is 0 Å². The van der Waals surface area contributed by atoms with Crippen molar-refractivity contribution in [2.24, 2.45) is 16.7 Å². The lowest BCUT2D eigenvalue weighted by molar-refractivity contribution is -0.165. The van der Waals surface area contributed by atoms with Crippen molar-refractivity contribution in [3.8, 4) is 0 Å². The van der Waals surface area contributed by atoms with Gasteiger partial charge in [0, 0.05) is 0 Å². The van der Waals surface area contributed by atoms with Crippen LogP contribution >= 0.6 is 0 Å². The largest absolute Gasteiger partial charge is 0.457 e. The van der Waals surface area contributed by atoms with Crippen LogP contribution < -0.4 is 0 Å². The highest BCUT2D eigenvalue weighted by Gasteiger charge is 2.42. The minimum absolute atomic E-state index is 0.0649. The topological polar surface area (TPSA) is 26.3 Å². The van der Waals surface area contributed by atoms with Gasteiger partial charge < -0.3 is 4.74 Å². The molecule has 2 heteroatoms. The van der Waals surface area contributed by atoms with Gasteiger partial charge in [-0.15, -0.1) is 0 Å². The minimum Gasteiger partial charge on any atom is -0.457 e. The average Bonchev–Trinajstić information content (AvgIpc) is 2.77. The Labute approximate surface area is 160 Å². The van der Waals surface area contributed by atoms with Gasteiger partial charge in [0.05, 0.1) is 5.41 Å². The van der Waals surface area contributed by atoms with Gasteiger partial charge in [-0.25, -0.2) is 0 Å². The van der Waals surface area contributed by atoms with Crippen molar-refractivity contribution < 1.29 is 9.53 Å². The van der Waals surface area contributed by atoms with Crippen LogP contribution in [0.3, 0.4) is 0 Å². The van der Waals surface area contributed by atoms with E-state index in [-0.39, 0.29) is 23.4 Å². The van der Waals surface area contributed by atoms with Crippen molar-refractivity contribution in [3.63, 3.8) is 0 Å². The van der Waals surface area contributed by atoms with Crippen LogP contribution in [-0.4, -0.2) is 5.97 Å². The lowest BCUT2D eigenvalue weighted by atomic mass is 9.69. The van der Waals surface area contributed by atoms with Gasteiger partial charge in [-0.2, -0.15) is 0 Å². The van der Waals surface area contributed by atoms with Gasteiger partial charge in [-0.05, 0) is 74.0 Å². The molecule has 0 heterocycles. The van der Waals surface area contributed by atoms with E-state index in [9.17, 15) is 4.79 Å². The molecule has 2 rings (SSSR count). The fraction of sp³-hybridized carbons (Fsp3) is 0.708. The van der Waals surface area contributed by atoms with Gasteiger partial charge in [0.15, 0.2) is 0 Å².